The Balaban J connectivity index is 1.76. The number of Topliss-reactive ketones (excluding diaryl/α,β-unsaturated/α-hetero) is 1. The molecule has 0 aliphatic heterocycles. The fourth-order valence-electron chi connectivity index (χ4n) is 5.30. The topological polar surface area (TPSA) is 34.1 Å². The van der Waals surface area contributed by atoms with Gasteiger partial charge in [0.25, 0.3) is 0 Å². The first-order chi connectivity index (χ1) is 9.59. The zero-order valence-corrected chi connectivity index (χ0v) is 12.2. The van der Waals surface area contributed by atoms with E-state index in [9.17, 15) is 9.59 Å². The third-order valence-corrected chi connectivity index (χ3v) is 6.44. The summed E-state index contributed by atoms with van der Waals surface area (Å²) in [7, 11) is 0. The van der Waals surface area contributed by atoms with Gasteiger partial charge in [-0.3, -0.25) is 9.59 Å². The fraction of sp³-hybridized carbons (Fsp3) is 0.667. The summed E-state index contributed by atoms with van der Waals surface area (Å²) in [6.07, 6.45) is 9.76. The first-order valence-electron chi connectivity index (χ1n) is 8.08. The van der Waals surface area contributed by atoms with Gasteiger partial charge in [-0.15, -0.1) is 0 Å². The molecule has 0 radical (unpaired) electrons. The molecule has 0 unspecified atom stereocenters. The largest absolute Gasteiger partial charge is 0.299 e. The highest BCUT2D eigenvalue weighted by Crippen LogP contribution is 2.58. The summed E-state index contributed by atoms with van der Waals surface area (Å²) >= 11 is 0. The van der Waals surface area contributed by atoms with Crippen LogP contribution in [0.1, 0.15) is 58.3 Å². The number of hydrogen-bond acceptors (Lipinski definition) is 2. The Morgan fingerprint density at radius 2 is 1.90 bits per heavy atom. The van der Waals surface area contributed by atoms with Gasteiger partial charge in [-0.05, 0) is 67.6 Å². The summed E-state index contributed by atoms with van der Waals surface area (Å²) in [6.45, 7) is 2.21. The third kappa shape index (κ3) is 1.57. The van der Waals surface area contributed by atoms with E-state index < -0.39 is 0 Å². The van der Waals surface area contributed by atoms with Gasteiger partial charge in [0.1, 0.15) is 5.78 Å². The molecule has 0 bridgehead atoms. The first kappa shape index (κ1) is 12.6. The van der Waals surface area contributed by atoms with E-state index in [1.165, 1.54) is 11.1 Å². The van der Waals surface area contributed by atoms with Gasteiger partial charge in [-0.1, -0.05) is 12.5 Å². The molecule has 0 spiro atoms. The summed E-state index contributed by atoms with van der Waals surface area (Å²) < 4.78 is 0. The molecular formula is C18H22O2. The number of hydrogen-bond donors (Lipinski definition) is 0. The number of carbonyl (C=O) groups is 2. The van der Waals surface area contributed by atoms with Crippen LogP contribution in [-0.4, -0.2) is 11.6 Å². The minimum absolute atomic E-state index is 0.0412. The molecule has 4 aliphatic rings. The van der Waals surface area contributed by atoms with Gasteiger partial charge in [0.05, 0.1) is 0 Å². The lowest BCUT2D eigenvalue weighted by Crippen LogP contribution is -2.40. The Morgan fingerprint density at radius 1 is 1.05 bits per heavy atom. The molecule has 0 amide bonds. The van der Waals surface area contributed by atoms with Crippen LogP contribution in [-0.2, 0) is 9.59 Å². The van der Waals surface area contributed by atoms with Crippen LogP contribution in [0.2, 0.25) is 0 Å². The Hall–Kier alpha value is -1.18. The van der Waals surface area contributed by atoms with Gasteiger partial charge in [-0.25, -0.2) is 0 Å². The van der Waals surface area contributed by atoms with Crippen LogP contribution in [0.3, 0.4) is 0 Å². The summed E-state index contributed by atoms with van der Waals surface area (Å²) in [4.78, 5) is 23.9. The smallest absolute Gasteiger partial charge is 0.156 e. The highest BCUT2D eigenvalue weighted by atomic mass is 16.1. The average Bonchev–Trinajstić information content (AvgIpc) is 2.74. The lowest BCUT2D eigenvalue weighted by Gasteiger charge is -2.46. The molecule has 4 aliphatic carbocycles. The molecule has 0 aromatic carbocycles. The van der Waals surface area contributed by atoms with Crippen molar-refractivity contribution in [1.29, 1.82) is 0 Å². The van der Waals surface area contributed by atoms with Gasteiger partial charge < -0.3 is 0 Å². The van der Waals surface area contributed by atoms with Gasteiger partial charge >= 0.3 is 0 Å². The lowest BCUT2D eigenvalue weighted by atomic mass is 9.57. The number of ketones is 2. The van der Waals surface area contributed by atoms with E-state index in [1.807, 2.05) is 6.08 Å². The Kier molecular flexibility index (Phi) is 2.61. The van der Waals surface area contributed by atoms with Crippen LogP contribution in [0, 0.1) is 17.3 Å². The zero-order valence-electron chi connectivity index (χ0n) is 12.2. The normalized spacial score (nSPS) is 40.1. The molecule has 2 saturated carbocycles. The van der Waals surface area contributed by atoms with Crippen molar-refractivity contribution in [2.24, 2.45) is 17.3 Å². The molecule has 106 valence electrons. The van der Waals surface area contributed by atoms with E-state index >= 15 is 0 Å². The number of carbonyl (C=O) groups excluding carboxylic acids is 2. The van der Waals surface area contributed by atoms with Crippen molar-refractivity contribution >= 4 is 11.6 Å². The lowest BCUT2D eigenvalue weighted by molar-refractivity contribution is -0.128. The van der Waals surface area contributed by atoms with E-state index in [4.69, 9.17) is 0 Å². The average molecular weight is 270 g/mol. The molecule has 2 fully saturated rings. The van der Waals surface area contributed by atoms with Crippen molar-refractivity contribution in [1.82, 2.24) is 0 Å². The predicted octanol–water partition coefficient (Wildman–Crippen LogP) is 3.76. The van der Waals surface area contributed by atoms with Gasteiger partial charge in [0, 0.05) is 18.3 Å². The van der Waals surface area contributed by atoms with E-state index in [2.05, 4.69) is 6.92 Å². The number of allylic oxidation sites excluding steroid dienone is 4. The number of rotatable bonds is 0. The second kappa shape index (κ2) is 4.16. The molecule has 0 aromatic heterocycles. The Morgan fingerprint density at radius 3 is 2.75 bits per heavy atom. The number of fused-ring (bicyclic) bond motifs is 4. The van der Waals surface area contributed by atoms with E-state index in [1.54, 1.807) is 5.57 Å². The van der Waals surface area contributed by atoms with Crippen LogP contribution in [0.5, 0.6) is 0 Å². The maximum absolute atomic E-state index is 12.3. The quantitative estimate of drug-likeness (QED) is 0.671. The Labute approximate surface area is 120 Å². The molecule has 0 aromatic rings. The van der Waals surface area contributed by atoms with Crippen molar-refractivity contribution in [3.05, 3.63) is 22.8 Å². The van der Waals surface area contributed by atoms with Crippen LogP contribution < -0.4 is 0 Å². The van der Waals surface area contributed by atoms with Crippen molar-refractivity contribution in [3.63, 3.8) is 0 Å². The second-order valence-electron chi connectivity index (χ2n) is 7.27. The maximum Gasteiger partial charge on any atom is 0.156 e. The fourth-order valence-corrected chi connectivity index (χ4v) is 5.30. The molecular weight excluding hydrogens is 248 g/mol. The van der Waals surface area contributed by atoms with Crippen LogP contribution in [0.15, 0.2) is 22.8 Å². The van der Waals surface area contributed by atoms with Crippen molar-refractivity contribution in [2.75, 3.05) is 0 Å². The zero-order chi connectivity index (χ0) is 13.9. The van der Waals surface area contributed by atoms with Gasteiger partial charge in [0.2, 0.25) is 0 Å². The highest BCUT2D eigenvalue weighted by molar-refractivity contribution is 5.93. The molecule has 20 heavy (non-hydrogen) atoms. The van der Waals surface area contributed by atoms with E-state index in [0.717, 1.165) is 44.9 Å². The monoisotopic (exact) mass is 270 g/mol. The first-order valence-corrected chi connectivity index (χ1v) is 8.08. The molecule has 2 nitrogen and oxygen atoms in total. The highest BCUT2D eigenvalue weighted by Gasteiger charge is 2.53. The van der Waals surface area contributed by atoms with Crippen molar-refractivity contribution < 1.29 is 9.59 Å². The molecule has 0 heterocycles. The van der Waals surface area contributed by atoms with Crippen LogP contribution >= 0.6 is 0 Å². The van der Waals surface area contributed by atoms with Crippen LogP contribution in [0.4, 0.5) is 0 Å². The molecule has 3 atom stereocenters. The summed E-state index contributed by atoms with van der Waals surface area (Å²) in [6, 6.07) is 0. The van der Waals surface area contributed by atoms with E-state index in [0.29, 0.717) is 29.8 Å². The summed E-state index contributed by atoms with van der Waals surface area (Å²) in [5, 5.41) is 0. The van der Waals surface area contributed by atoms with Gasteiger partial charge in [0.15, 0.2) is 5.78 Å². The van der Waals surface area contributed by atoms with Crippen molar-refractivity contribution in [3.8, 4) is 0 Å². The Bertz CT molecular complexity index is 566. The summed E-state index contributed by atoms with van der Waals surface area (Å²) in [5.41, 5.74) is 4.40. The third-order valence-electron chi connectivity index (χ3n) is 6.44. The van der Waals surface area contributed by atoms with Gasteiger partial charge in [-0.2, -0.15) is 0 Å². The minimum atomic E-state index is -0.0412. The van der Waals surface area contributed by atoms with Crippen LogP contribution in [0.25, 0.3) is 0 Å². The van der Waals surface area contributed by atoms with Crippen molar-refractivity contribution in [2.45, 2.75) is 58.3 Å². The molecule has 4 rings (SSSR count). The predicted molar refractivity (Wildman–Crippen MR) is 77.1 cm³/mol. The standard InChI is InChI=1S/C18H22O2/c1-18-9-8-14-13-5-3-12(19)10-11(13)2-4-15(14)16(18)6-7-17(18)20/h10,15-16H,2-9H2,1H3/t15-,16-,18+/m0/s1. The molecule has 0 saturated heterocycles. The maximum atomic E-state index is 12.3. The summed E-state index contributed by atoms with van der Waals surface area (Å²) in [5.74, 6) is 2.01. The molecule has 2 heteroatoms. The SMILES string of the molecule is C[C@@]12CCC3=C4CCC(=O)C=C4CC[C@@H]3[C@@H]1CCC2=O. The molecule has 0 N–H and O–H groups in total. The van der Waals surface area contributed by atoms with E-state index in [-0.39, 0.29) is 5.41 Å². The second-order valence-corrected chi connectivity index (χ2v) is 7.27. The minimum Gasteiger partial charge on any atom is -0.299 e.